The second kappa shape index (κ2) is 6.61. The lowest BCUT2D eigenvalue weighted by Crippen LogP contribution is -2.39. The van der Waals surface area contributed by atoms with Gasteiger partial charge in [-0.05, 0) is 50.6 Å². The van der Waals surface area contributed by atoms with Crippen molar-refractivity contribution in [3.8, 4) is 0 Å². The fourth-order valence-corrected chi connectivity index (χ4v) is 3.25. The maximum Gasteiger partial charge on any atom is 0.0107 e. The van der Waals surface area contributed by atoms with Gasteiger partial charge in [-0.1, -0.05) is 19.8 Å². The molecule has 1 atom stereocenters. The van der Waals surface area contributed by atoms with Gasteiger partial charge < -0.3 is 10.2 Å². The zero-order valence-electron chi connectivity index (χ0n) is 10.9. The van der Waals surface area contributed by atoms with Crippen molar-refractivity contribution in [2.24, 2.45) is 11.8 Å². The highest BCUT2D eigenvalue weighted by Crippen LogP contribution is 2.23. The highest BCUT2D eigenvalue weighted by Gasteiger charge is 2.16. The van der Waals surface area contributed by atoms with Crippen LogP contribution >= 0.6 is 0 Å². The van der Waals surface area contributed by atoms with E-state index in [1.165, 1.54) is 71.2 Å². The van der Waals surface area contributed by atoms with Crippen LogP contribution in [0.3, 0.4) is 0 Å². The molecule has 0 radical (unpaired) electrons. The lowest BCUT2D eigenvalue weighted by Gasteiger charge is -2.30. The third-order valence-corrected chi connectivity index (χ3v) is 4.25. The van der Waals surface area contributed by atoms with Crippen molar-refractivity contribution >= 4 is 0 Å². The predicted molar refractivity (Wildman–Crippen MR) is 69.7 cm³/mol. The molecule has 1 saturated heterocycles. The van der Waals surface area contributed by atoms with Crippen LogP contribution in [0.1, 0.15) is 45.4 Å². The zero-order chi connectivity index (χ0) is 11.2. The van der Waals surface area contributed by atoms with Crippen molar-refractivity contribution < 1.29 is 0 Å². The molecule has 1 aliphatic carbocycles. The Morgan fingerprint density at radius 2 is 1.94 bits per heavy atom. The Labute approximate surface area is 101 Å². The Morgan fingerprint density at radius 3 is 2.69 bits per heavy atom. The number of hydrogen-bond acceptors (Lipinski definition) is 2. The highest BCUT2D eigenvalue weighted by atomic mass is 15.1. The molecule has 0 amide bonds. The molecule has 1 unspecified atom stereocenters. The third-order valence-electron chi connectivity index (χ3n) is 4.25. The van der Waals surface area contributed by atoms with Gasteiger partial charge in [0.2, 0.25) is 0 Å². The van der Waals surface area contributed by atoms with E-state index >= 15 is 0 Å². The summed E-state index contributed by atoms with van der Waals surface area (Å²) < 4.78 is 0. The van der Waals surface area contributed by atoms with Crippen LogP contribution in [0.25, 0.3) is 0 Å². The summed E-state index contributed by atoms with van der Waals surface area (Å²) in [5.41, 5.74) is 0. The van der Waals surface area contributed by atoms with Crippen LogP contribution in [0.5, 0.6) is 0 Å². The van der Waals surface area contributed by atoms with Crippen LogP contribution in [0, 0.1) is 11.8 Å². The van der Waals surface area contributed by atoms with Crippen LogP contribution < -0.4 is 5.32 Å². The molecular weight excluding hydrogens is 196 g/mol. The Kier molecular flexibility index (Phi) is 5.11. The molecule has 2 nitrogen and oxygen atoms in total. The van der Waals surface area contributed by atoms with Crippen LogP contribution in [0.15, 0.2) is 0 Å². The van der Waals surface area contributed by atoms with Gasteiger partial charge in [0.15, 0.2) is 0 Å². The number of rotatable bonds is 5. The number of nitrogens with zero attached hydrogens (tertiary/aromatic N) is 1. The number of likely N-dealkylation sites (tertiary alicyclic amines) is 1. The minimum Gasteiger partial charge on any atom is -0.315 e. The monoisotopic (exact) mass is 224 g/mol. The number of piperidine rings is 1. The van der Waals surface area contributed by atoms with Crippen molar-refractivity contribution in [1.82, 2.24) is 10.2 Å². The summed E-state index contributed by atoms with van der Waals surface area (Å²) in [6.45, 7) is 8.77. The first-order valence-electron chi connectivity index (χ1n) is 7.27. The molecule has 16 heavy (non-hydrogen) atoms. The standard InChI is InChI=1S/C14H28N2/c1-13-5-4-9-16(12-13)10-8-15-11-14-6-2-3-7-14/h13-15H,2-12H2,1H3. The topological polar surface area (TPSA) is 15.3 Å². The first kappa shape index (κ1) is 12.4. The van der Waals surface area contributed by atoms with Crippen LogP contribution in [0.4, 0.5) is 0 Å². The van der Waals surface area contributed by atoms with E-state index in [-0.39, 0.29) is 0 Å². The molecule has 0 spiro atoms. The fraction of sp³-hybridized carbons (Fsp3) is 1.00. The van der Waals surface area contributed by atoms with Crippen molar-refractivity contribution in [2.45, 2.75) is 45.4 Å². The lowest BCUT2D eigenvalue weighted by atomic mass is 10.0. The van der Waals surface area contributed by atoms with Gasteiger partial charge in [0.1, 0.15) is 0 Å². The van der Waals surface area contributed by atoms with Crippen molar-refractivity contribution in [3.63, 3.8) is 0 Å². The summed E-state index contributed by atoms with van der Waals surface area (Å²) in [4.78, 5) is 2.63. The van der Waals surface area contributed by atoms with Gasteiger partial charge in [-0.15, -0.1) is 0 Å². The molecule has 2 fully saturated rings. The summed E-state index contributed by atoms with van der Waals surface area (Å²) >= 11 is 0. The molecule has 1 N–H and O–H groups in total. The highest BCUT2D eigenvalue weighted by molar-refractivity contribution is 4.72. The minimum absolute atomic E-state index is 0.920. The van der Waals surface area contributed by atoms with E-state index in [0.717, 1.165) is 11.8 Å². The SMILES string of the molecule is CC1CCCN(CCNCC2CCCC2)C1. The van der Waals surface area contributed by atoms with E-state index < -0.39 is 0 Å². The van der Waals surface area contributed by atoms with E-state index in [0.29, 0.717) is 0 Å². The molecule has 94 valence electrons. The second-order valence-electron chi connectivity index (χ2n) is 5.90. The Bertz CT molecular complexity index is 187. The molecule has 0 aromatic carbocycles. The van der Waals surface area contributed by atoms with Gasteiger partial charge in [0.05, 0.1) is 0 Å². The van der Waals surface area contributed by atoms with Crippen LogP contribution in [0.2, 0.25) is 0 Å². The molecular formula is C14H28N2. The molecule has 1 heterocycles. The minimum atomic E-state index is 0.920. The molecule has 0 aromatic heterocycles. The maximum atomic E-state index is 3.65. The Hall–Kier alpha value is -0.0800. The van der Waals surface area contributed by atoms with E-state index in [1.54, 1.807) is 0 Å². The molecule has 1 saturated carbocycles. The largest absolute Gasteiger partial charge is 0.315 e. The molecule has 1 aliphatic heterocycles. The number of nitrogens with one attached hydrogen (secondary N) is 1. The van der Waals surface area contributed by atoms with E-state index in [1.807, 2.05) is 0 Å². The second-order valence-corrected chi connectivity index (χ2v) is 5.90. The van der Waals surface area contributed by atoms with Crippen LogP contribution in [-0.2, 0) is 0 Å². The zero-order valence-corrected chi connectivity index (χ0v) is 10.9. The van der Waals surface area contributed by atoms with E-state index in [2.05, 4.69) is 17.1 Å². The van der Waals surface area contributed by atoms with Gasteiger partial charge in [-0.3, -0.25) is 0 Å². The quantitative estimate of drug-likeness (QED) is 0.722. The summed E-state index contributed by atoms with van der Waals surface area (Å²) in [5.74, 6) is 1.91. The summed E-state index contributed by atoms with van der Waals surface area (Å²) in [6, 6.07) is 0. The van der Waals surface area contributed by atoms with Gasteiger partial charge in [0.25, 0.3) is 0 Å². The summed E-state index contributed by atoms with van der Waals surface area (Å²) in [6.07, 6.45) is 8.71. The first-order valence-corrected chi connectivity index (χ1v) is 7.27. The van der Waals surface area contributed by atoms with E-state index in [4.69, 9.17) is 0 Å². The van der Waals surface area contributed by atoms with Crippen molar-refractivity contribution in [1.29, 1.82) is 0 Å². The Morgan fingerprint density at radius 1 is 1.12 bits per heavy atom. The van der Waals surface area contributed by atoms with Crippen molar-refractivity contribution in [3.05, 3.63) is 0 Å². The molecule has 2 heteroatoms. The smallest absolute Gasteiger partial charge is 0.0107 e. The fourth-order valence-electron chi connectivity index (χ4n) is 3.25. The molecule has 2 rings (SSSR count). The Balaban J connectivity index is 1.50. The average molecular weight is 224 g/mol. The first-order chi connectivity index (χ1) is 7.84. The number of hydrogen-bond donors (Lipinski definition) is 1. The summed E-state index contributed by atoms with van der Waals surface area (Å²) in [7, 11) is 0. The van der Waals surface area contributed by atoms with Gasteiger partial charge >= 0.3 is 0 Å². The molecule has 0 bridgehead atoms. The van der Waals surface area contributed by atoms with Crippen molar-refractivity contribution in [2.75, 3.05) is 32.7 Å². The maximum absolute atomic E-state index is 3.65. The molecule has 0 aromatic rings. The van der Waals surface area contributed by atoms with Gasteiger partial charge in [-0.2, -0.15) is 0 Å². The normalized spacial score (nSPS) is 28.7. The predicted octanol–water partition coefficient (Wildman–Crippen LogP) is 2.50. The van der Waals surface area contributed by atoms with E-state index in [9.17, 15) is 0 Å². The average Bonchev–Trinajstić information content (AvgIpc) is 2.77. The third kappa shape index (κ3) is 4.06. The van der Waals surface area contributed by atoms with Gasteiger partial charge in [-0.25, -0.2) is 0 Å². The van der Waals surface area contributed by atoms with Gasteiger partial charge in [0, 0.05) is 19.6 Å². The lowest BCUT2D eigenvalue weighted by molar-refractivity contribution is 0.184. The summed E-state index contributed by atoms with van der Waals surface area (Å²) in [5, 5.41) is 3.65. The molecule has 2 aliphatic rings. The van der Waals surface area contributed by atoms with Crippen LogP contribution in [-0.4, -0.2) is 37.6 Å².